The zero-order valence-electron chi connectivity index (χ0n) is 13.2. The van der Waals surface area contributed by atoms with Crippen LogP contribution in [-0.4, -0.2) is 38.8 Å². The smallest absolute Gasteiger partial charge is 0.220 e. The molecule has 0 aromatic rings. The molecular weight excluding hydrogens is 288 g/mol. The molecule has 1 amide bonds. The molecule has 0 aromatic carbocycles. The molecule has 2 N–H and O–H groups in total. The lowest BCUT2D eigenvalue weighted by molar-refractivity contribution is -0.122. The van der Waals surface area contributed by atoms with Gasteiger partial charge >= 0.3 is 0 Å². The molecule has 5 heteroatoms. The summed E-state index contributed by atoms with van der Waals surface area (Å²) in [5.74, 6) is 2.17. The quantitative estimate of drug-likeness (QED) is 0.642. The minimum atomic E-state index is 0. The Kier molecular flexibility index (Phi) is 9.29. The highest BCUT2D eigenvalue weighted by Crippen LogP contribution is 2.28. The van der Waals surface area contributed by atoms with Gasteiger partial charge in [0.15, 0.2) is 0 Å². The third-order valence-electron chi connectivity index (χ3n) is 4.49. The highest BCUT2D eigenvalue weighted by atomic mass is 35.5. The van der Waals surface area contributed by atoms with E-state index in [0.29, 0.717) is 18.3 Å². The van der Waals surface area contributed by atoms with Crippen LogP contribution in [-0.2, 0) is 9.53 Å². The van der Waals surface area contributed by atoms with Crippen LogP contribution in [0.1, 0.15) is 45.4 Å². The Hall–Kier alpha value is -0.320. The third-order valence-corrected chi connectivity index (χ3v) is 4.49. The molecule has 0 spiro atoms. The number of halogens is 1. The van der Waals surface area contributed by atoms with Crippen molar-refractivity contribution in [3.05, 3.63) is 0 Å². The summed E-state index contributed by atoms with van der Waals surface area (Å²) in [6.45, 7) is 6.85. The van der Waals surface area contributed by atoms with Crippen molar-refractivity contribution in [2.24, 2.45) is 17.8 Å². The zero-order chi connectivity index (χ0) is 14.2. The largest absolute Gasteiger partial charge is 0.381 e. The molecule has 1 heterocycles. The molecule has 1 aliphatic heterocycles. The SMILES string of the molecule is CC(CC(=O)NCCCOCC1CC1)C1CCCNC1.Cl. The lowest BCUT2D eigenvalue weighted by atomic mass is 9.85. The van der Waals surface area contributed by atoms with Crippen LogP contribution in [0.2, 0.25) is 0 Å². The average molecular weight is 319 g/mol. The van der Waals surface area contributed by atoms with Gasteiger partial charge in [-0.05, 0) is 62.9 Å². The van der Waals surface area contributed by atoms with E-state index in [4.69, 9.17) is 4.74 Å². The maximum atomic E-state index is 11.9. The van der Waals surface area contributed by atoms with Crippen molar-refractivity contribution in [3.63, 3.8) is 0 Å². The summed E-state index contributed by atoms with van der Waals surface area (Å²) in [6, 6.07) is 0. The van der Waals surface area contributed by atoms with E-state index in [9.17, 15) is 4.79 Å². The van der Waals surface area contributed by atoms with Gasteiger partial charge in [0.2, 0.25) is 5.91 Å². The van der Waals surface area contributed by atoms with Crippen molar-refractivity contribution < 1.29 is 9.53 Å². The summed E-state index contributed by atoms with van der Waals surface area (Å²) >= 11 is 0. The van der Waals surface area contributed by atoms with Crippen LogP contribution in [0, 0.1) is 17.8 Å². The topological polar surface area (TPSA) is 50.4 Å². The predicted molar refractivity (Wildman–Crippen MR) is 87.8 cm³/mol. The molecule has 2 rings (SSSR count). The highest BCUT2D eigenvalue weighted by Gasteiger charge is 2.22. The number of amides is 1. The van der Waals surface area contributed by atoms with E-state index in [1.54, 1.807) is 0 Å². The zero-order valence-corrected chi connectivity index (χ0v) is 14.1. The summed E-state index contributed by atoms with van der Waals surface area (Å²) in [7, 11) is 0. The fraction of sp³-hybridized carbons (Fsp3) is 0.938. The second-order valence-electron chi connectivity index (χ2n) is 6.51. The van der Waals surface area contributed by atoms with Crippen LogP contribution < -0.4 is 10.6 Å². The Bertz CT molecular complexity index is 292. The number of piperidine rings is 1. The Morgan fingerprint density at radius 3 is 2.86 bits per heavy atom. The van der Waals surface area contributed by atoms with Crippen molar-refractivity contribution in [1.82, 2.24) is 10.6 Å². The first-order chi connectivity index (χ1) is 9.75. The number of rotatable bonds is 9. The lowest BCUT2D eigenvalue weighted by Crippen LogP contribution is -2.35. The van der Waals surface area contributed by atoms with Crippen molar-refractivity contribution >= 4 is 18.3 Å². The van der Waals surface area contributed by atoms with E-state index >= 15 is 0 Å². The van der Waals surface area contributed by atoms with E-state index < -0.39 is 0 Å². The van der Waals surface area contributed by atoms with Gasteiger partial charge in [-0.3, -0.25) is 4.79 Å². The Balaban J connectivity index is 0.00000220. The van der Waals surface area contributed by atoms with Gasteiger partial charge < -0.3 is 15.4 Å². The van der Waals surface area contributed by atoms with Gasteiger partial charge in [-0.25, -0.2) is 0 Å². The first-order valence-corrected chi connectivity index (χ1v) is 8.31. The average Bonchev–Trinajstić information content (AvgIpc) is 3.27. The molecule has 124 valence electrons. The molecule has 0 aromatic heterocycles. The number of carbonyl (C=O) groups excluding carboxylic acids is 1. The maximum absolute atomic E-state index is 11.9. The molecule has 2 atom stereocenters. The molecule has 0 bridgehead atoms. The molecule has 1 aliphatic carbocycles. The third kappa shape index (κ3) is 8.03. The fourth-order valence-corrected chi connectivity index (χ4v) is 2.83. The first kappa shape index (κ1) is 18.7. The van der Waals surface area contributed by atoms with E-state index in [0.717, 1.165) is 45.2 Å². The summed E-state index contributed by atoms with van der Waals surface area (Å²) in [4.78, 5) is 11.9. The number of nitrogens with one attached hydrogen (secondary N) is 2. The number of ether oxygens (including phenoxy) is 1. The van der Waals surface area contributed by atoms with Crippen molar-refractivity contribution in [2.75, 3.05) is 32.8 Å². The van der Waals surface area contributed by atoms with E-state index in [1.165, 1.54) is 25.7 Å². The number of hydrogen-bond acceptors (Lipinski definition) is 3. The van der Waals surface area contributed by atoms with Gasteiger partial charge in [-0.2, -0.15) is 0 Å². The van der Waals surface area contributed by atoms with E-state index in [1.807, 2.05) is 0 Å². The molecular formula is C16H31ClN2O2. The molecule has 2 aliphatic rings. The Morgan fingerprint density at radius 1 is 1.38 bits per heavy atom. The Morgan fingerprint density at radius 2 is 2.19 bits per heavy atom. The van der Waals surface area contributed by atoms with Crippen molar-refractivity contribution in [1.29, 1.82) is 0 Å². The monoisotopic (exact) mass is 318 g/mol. The second-order valence-corrected chi connectivity index (χ2v) is 6.51. The van der Waals surface area contributed by atoms with Gasteiger partial charge in [0, 0.05) is 26.2 Å². The van der Waals surface area contributed by atoms with Gasteiger partial charge in [0.25, 0.3) is 0 Å². The molecule has 1 saturated carbocycles. The van der Waals surface area contributed by atoms with Gasteiger partial charge in [-0.1, -0.05) is 6.92 Å². The molecule has 21 heavy (non-hydrogen) atoms. The maximum Gasteiger partial charge on any atom is 0.220 e. The minimum Gasteiger partial charge on any atom is -0.381 e. The van der Waals surface area contributed by atoms with Crippen LogP contribution in [0.4, 0.5) is 0 Å². The molecule has 4 nitrogen and oxygen atoms in total. The van der Waals surface area contributed by atoms with Crippen molar-refractivity contribution in [2.45, 2.75) is 45.4 Å². The van der Waals surface area contributed by atoms with E-state index in [2.05, 4.69) is 17.6 Å². The van der Waals surface area contributed by atoms with E-state index in [-0.39, 0.29) is 18.3 Å². The summed E-state index contributed by atoms with van der Waals surface area (Å²) < 4.78 is 5.56. The molecule has 0 radical (unpaired) electrons. The van der Waals surface area contributed by atoms with Crippen LogP contribution in [0.15, 0.2) is 0 Å². The van der Waals surface area contributed by atoms with Crippen LogP contribution in [0.5, 0.6) is 0 Å². The fourth-order valence-electron chi connectivity index (χ4n) is 2.83. The summed E-state index contributed by atoms with van der Waals surface area (Å²) in [6.07, 6.45) is 6.77. The van der Waals surface area contributed by atoms with Crippen LogP contribution in [0.3, 0.4) is 0 Å². The van der Waals surface area contributed by atoms with Crippen molar-refractivity contribution in [3.8, 4) is 0 Å². The van der Waals surface area contributed by atoms with Crippen LogP contribution >= 0.6 is 12.4 Å². The van der Waals surface area contributed by atoms with Gasteiger partial charge in [0.1, 0.15) is 0 Å². The van der Waals surface area contributed by atoms with Gasteiger partial charge in [-0.15, -0.1) is 12.4 Å². The second kappa shape index (κ2) is 10.4. The lowest BCUT2D eigenvalue weighted by Gasteiger charge is -2.28. The number of hydrogen-bond donors (Lipinski definition) is 2. The number of carbonyl (C=O) groups is 1. The summed E-state index contributed by atoms with van der Waals surface area (Å²) in [5.41, 5.74) is 0. The minimum absolute atomic E-state index is 0. The standard InChI is InChI=1S/C16H30N2O2.ClH/c1-13(15-4-2-7-17-11-15)10-16(19)18-8-3-9-20-12-14-5-6-14;/h13-15,17H,2-12H2,1H3,(H,18,19);1H. The Labute approximate surface area is 135 Å². The normalized spacial score (nSPS) is 23.2. The molecule has 2 unspecified atom stereocenters. The highest BCUT2D eigenvalue weighted by molar-refractivity contribution is 5.85. The van der Waals surface area contributed by atoms with Gasteiger partial charge in [0.05, 0.1) is 0 Å². The summed E-state index contributed by atoms with van der Waals surface area (Å²) in [5, 5.41) is 6.44. The van der Waals surface area contributed by atoms with Crippen LogP contribution in [0.25, 0.3) is 0 Å². The first-order valence-electron chi connectivity index (χ1n) is 8.31. The molecule has 2 fully saturated rings. The molecule has 1 saturated heterocycles. The predicted octanol–water partition coefficient (Wildman–Crippen LogP) is 2.37.